The number of nitrogens with zero attached hydrogens (tertiary/aromatic N) is 1. The van der Waals surface area contributed by atoms with Crippen molar-refractivity contribution in [1.29, 1.82) is 0 Å². The summed E-state index contributed by atoms with van der Waals surface area (Å²) in [6.45, 7) is 2.57. The van der Waals surface area contributed by atoms with E-state index >= 15 is 0 Å². The predicted octanol–water partition coefficient (Wildman–Crippen LogP) is 2.71. The number of fused-ring (bicyclic) bond motifs is 1. The summed E-state index contributed by atoms with van der Waals surface area (Å²) < 4.78 is 5.49. The van der Waals surface area contributed by atoms with Gasteiger partial charge in [0.05, 0.1) is 12.3 Å². The first-order valence-electron chi connectivity index (χ1n) is 7.13. The van der Waals surface area contributed by atoms with E-state index in [1.807, 2.05) is 31.2 Å². The van der Waals surface area contributed by atoms with Crippen LogP contribution in [-0.2, 0) is 12.8 Å². The normalized spacial score (nSPS) is 13.8. The Morgan fingerprint density at radius 1 is 1.30 bits per heavy atom. The number of aromatic amines is 1. The van der Waals surface area contributed by atoms with Crippen molar-refractivity contribution in [3.63, 3.8) is 0 Å². The fourth-order valence-electron chi connectivity index (χ4n) is 2.64. The number of hydrogen-bond acceptors (Lipinski definition) is 3. The average Bonchev–Trinajstić information content (AvgIpc) is 2.48. The van der Waals surface area contributed by atoms with E-state index in [9.17, 15) is 4.79 Å². The lowest BCUT2D eigenvalue weighted by Crippen LogP contribution is -2.21. The zero-order chi connectivity index (χ0) is 13.9. The number of benzene rings is 1. The Morgan fingerprint density at radius 2 is 2.15 bits per heavy atom. The van der Waals surface area contributed by atoms with Crippen LogP contribution in [0.15, 0.2) is 29.1 Å². The molecular weight excluding hydrogens is 252 g/mol. The average molecular weight is 270 g/mol. The van der Waals surface area contributed by atoms with Crippen LogP contribution in [-0.4, -0.2) is 16.6 Å². The van der Waals surface area contributed by atoms with Crippen LogP contribution in [0.3, 0.4) is 0 Å². The maximum Gasteiger partial charge on any atom is 0.254 e. The first-order chi connectivity index (χ1) is 9.78. The van der Waals surface area contributed by atoms with E-state index in [1.54, 1.807) is 0 Å². The van der Waals surface area contributed by atoms with Gasteiger partial charge < -0.3 is 9.72 Å². The Bertz CT molecular complexity index is 676. The van der Waals surface area contributed by atoms with E-state index in [-0.39, 0.29) is 5.56 Å². The molecule has 1 aromatic carbocycles. The van der Waals surface area contributed by atoms with Crippen molar-refractivity contribution in [2.24, 2.45) is 0 Å². The fourth-order valence-corrected chi connectivity index (χ4v) is 2.64. The molecule has 3 rings (SSSR count). The lowest BCUT2D eigenvalue weighted by molar-refractivity contribution is 0.340. The van der Waals surface area contributed by atoms with E-state index in [2.05, 4.69) is 9.97 Å². The number of nitrogens with one attached hydrogen (secondary N) is 1. The maximum absolute atomic E-state index is 12.1. The highest BCUT2D eigenvalue weighted by atomic mass is 16.5. The summed E-state index contributed by atoms with van der Waals surface area (Å²) in [6, 6.07) is 7.68. The van der Waals surface area contributed by atoms with Crippen molar-refractivity contribution >= 4 is 0 Å². The van der Waals surface area contributed by atoms with E-state index in [0.29, 0.717) is 12.4 Å². The maximum atomic E-state index is 12.1. The molecule has 0 unspecified atom stereocenters. The summed E-state index contributed by atoms with van der Waals surface area (Å²) in [6.07, 6.45) is 3.94. The molecule has 0 saturated heterocycles. The molecule has 1 aliphatic rings. The van der Waals surface area contributed by atoms with Crippen molar-refractivity contribution in [3.8, 4) is 17.1 Å². The molecule has 104 valence electrons. The predicted molar refractivity (Wildman–Crippen MR) is 78.1 cm³/mol. The quantitative estimate of drug-likeness (QED) is 0.933. The molecule has 1 N–H and O–H groups in total. The van der Waals surface area contributed by atoms with Gasteiger partial charge in [-0.15, -0.1) is 0 Å². The van der Waals surface area contributed by atoms with Gasteiger partial charge in [-0.2, -0.15) is 0 Å². The van der Waals surface area contributed by atoms with Crippen LogP contribution in [0, 0.1) is 0 Å². The van der Waals surface area contributed by atoms with Gasteiger partial charge in [-0.1, -0.05) is 12.1 Å². The second-order valence-corrected chi connectivity index (χ2v) is 5.01. The zero-order valence-corrected chi connectivity index (χ0v) is 11.6. The monoisotopic (exact) mass is 270 g/mol. The Labute approximate surface area is 117 Å². The Balaban J connectivity index is 2.04. The minimum atomic E-state index is 0.00603. The summed E-state index contributed by atoms with van der Waals surface area (Å²) in [7, 11) is 0. The third-order valence-electron chi connectivity index (χ3n) is 3.61. The van der Waals surface area contributed by atoms with E-state index in [1.165, 1.54) is 0 Å². The van der Waals surface area contributed by atoms with Crippen molar-refractivity contribution in [2.75, 3.05) is 6.61 Å². The number of ether oxygens (including phenoxy) is 1. The Kier molecular flexibility index (Phi) is 3.54. The molecule has 0 radical (unpaired) electrons. The number of H-pyrrole nitrogens is 1. The van der Waals surface area contributed by atoms with Gasteiger partial charge in [0.25, 0.3) is 5.56 Å². The highest BCUT2D eigenvalue weighted by Gasteiger charge is 2.16. The van der Waals surface area contributed by atoms with Crippen molar-refractivity contribution in [2.45, 2.75) is 32.6 Å². The second-order valence-electron chi connectivity index (χ2n) is 5.01. The zero-order valence-electron chi connectivity index (χ0n) is 11.6. The van der Waals surface area contributed by atoms with Gasteiger partial charge in [-0.05, 0) is 44.7 Å². The molecule has 0 bridgehead atoms. The summed E-state index contributed by atoms with van der Waals surface area (Å²) in [5.41, 5.74) is 2.71. The molecule has 2 aromatic rings. The van der Waals surface area contributed by atoms with Gasteiger partial charge in [-0.25, -0.2) is 4.98 Å². The van der Waals surface area contributed by atoms with Crippen LogP contribution in [0.1, 0.15) is 31.0 Å². The second kappa shape index (κ2) is 5.49. The molecule has 1 heterocycles. The van der Waals surface area contributed by atoms with Gasteiger partial charge in [0, 0.05) is 11.1 Å². The number of hydrogen-bond donors (Lipinski definition) is 1. The molecule has 4 heteroatoms. The van der Waals surface area contributed by atoms with Gasteiger partial charge in [0.2, 0.25) is 0 Å². The van der Waals surface area contributed by atoms with Gasteiger partial charge >= 0.3 is 0 Å². The van der Waals surface area contributed by atoms with Crippen molar-refractivity contribution in [1.82, 2.24) is 9.97 Å². The van der Waals surface area contributed by atoms with Gasteiger partial charge in [0.15, 0.2) is 0 Å². The first kappa shape index (κ1) is 12.9. The number of aryl methyl sites for hydroxylation is 1. The van der Waals surface area contributed by atoms with Crippen LogP contribution in [0.2, 0.25) is 0 Å². The third-order valence-corrected chi connectivity index (χ3v) is 3.61. The van der Waals surface area contributed by atoms with Crippen molar-refractivity contribution < 1.29 is 4.74 Å². The number of rotatable bonds is 3. The van der Waals surface area contributed by atoms with Crippen molar-refractivity contribution in [3.05, 3.63) is 45.9 Å². The molecule has 1 aliphatic carbocycles. The summed E-state index contributed by atoms with van der Waals surface area (Å²) >= 11 is 0. The highest BCUT2D eigenvalue weighted by Crippen LogP contribution is 2.23. The van der Waals surface area contributed by atoms with Crippen LogP contribution in [0.5, 0.6) is 5.75 Å². The summed E-state index contributed by atoms with van der Waals surface area (Å²) in [5, 5.41) is 0. The standard InChI is InChI=1S/C16H18N2O2/c1-2-20-12-7-5-6-11(10-12)15-17-14-9-4-3-8-13(14)16(19)18-15/h5-7,10H,2-4,8-9H2,1H3,(H,17,18,19). The molecule has 0 atom stereocenters. The first-order valence-corrected chi connectivity index (χ1v) is 7.13. The van der Waals surface area contributed by atoms with E-state index in [4.69, 9.17) is 4.74 Å². The summed E-state index contributed by atoms with van der Waals surface area (Å²) in [4.78, 5) is 19.7. The fraction of sp³-hybridized carbons (Fsp3) is 0.375. The van der Waals surface area contributed by atoms with Crippen LogP contribution >= 0.6 is 0 Å². The van der Waals surface area contributed by atoms with E-state index in [0.717, 1.165) is 48.3 Å². The largest absolute Gasteiger partial charge is 0.494 e. The molecule has 20 heavy (non-hydrogen) atoms. The SMILES string of the molecule is CCOc1cccc(-c2nc3c(c(=O)[nH]2)CCCC3)c1. The molecule has 4 nitrogen and oxygen atoms in total. The molecule has 0 fully saturated rings. The molecular formula is C16H18N2O2. The van der Waals surface area contributed by atoms with Crippen LogP contribution in [0.4, 0.5) is 0 Å². The molecule has 0 aliphatic heterocycles. The minimum Gasteiger partial charge on any atom is -0.494 e. The molecule has 0 spiro atoms. The van der Waals surface area contributed by atoms with Crippen LogP contribution < -0.4 is 10.3 Å². The summed E-state index contributed by atoms with van der Waals surface area (Å²) in [5.74, 6) is 1.43. The smallest absolute Gasteiger partial charge is 0.254 e. The third kappa shape index (κ3) is 2.46. The molecule has 0 amide bonds. The van der Waals surface area contributed by atoms with Gasteiger partial charge in [0.1, 0.15) is 11.6 Å². The minimum absolute atomic E-state index is 0.00603. The van der Waals surface area contributed by atoms with Crippen LogP contribution in [0.25, 0.3) is 11.4 Å². The lowest BCUT2D eigenvalue weighted by atomic mass is 9.97. The molecule has 0 saturated carbocycles. The Hall–Kier alpha value is -2.10. The molecule has 1 aromatic heterocycles. The van der Waals surface area contributed by atoms with Gasteiger partial charge in [-0.3, -0.25) is 4.79 Å². The lowest BCUT2D eigenvalue weighted by Gasteiger charge is -2.14. The van der Waals surface area contributed by atoms with E-state index < -0.39 is 0 Å². The number of aromatic nitrogens is 2. The Morgan fingerprint density at radius 3 is 3.00 bits per heavy atom. The highest BCUT2D eigenvalue weighted by molar-refractivity contribution is 5.57. The topological polar surface area (TPSA) is 55.0 Å².